The first-order valence-electron chi connectivity index (χ1n) is 7.15. The maximum Gasteiger partial charge on any atom is 0.227 e. The van der Waals surface area contributed by atoms with Gasteiger partial charge < -0.3 is 4.90 Å². The summed E-state index contributed by atoms with van der Waals surface area (Å²) >= 11 is 0. The zero-order chi connectivity index (χ0) is 14.7. The Hall–Kier alpha value is -2.60. The van der Waals surface area contributed by atoms with Gasteiger partial charge in [0.15, 0.2) is 0 Å². The molecule has 1 aliphatic rings. The van der Waals surface area contributed by atoms with Gasteiger partial charge in [-0.15, -0.1) is 0 Å². The van der Waals surface area contributed by atoms with Gasteiger partial charge in [0.05, 0.1) is 18.2 Å². The number of para-hydroxylation sites is 1. The van der Waals surface area contributed by atoms with Gasteiger partial charge in [0.25, 0.3) is 0 Å². The minimum absolute atomic E-state index is 0.171. The molecule has 0 fully saturated rings. The molecule has 1 aliphatic heterocycles. The van der Waals surface area contributed by atoms with Crippen molar-refractivity contribution in [2.75, 3.05) is 4.90 Å². The average Bonchev–Trinajstić information content (AvgIpc) is 2.68. The minimum Gasteiger partial charge on any atom is -0.308 e. The molecular weight excluding hydrogens is 260 g/mol. The van der Waals surface area contributed by atoms with E-state index in [1.54, 1.807) is 12.1 Å². The Kier molecular flexibility index (Phi) is 3.70. The highest BCUT2D eigenvalue weighted by Gasteiger charge is 2.21. The van der Waals surface area contributed by atoms with Crippen molar-refractivity contribution in [3.8, 4) is 6.07 Å². The van der Waals surface area contributed by atoms with Crippen molar-refractivity contribution < 1.29 is 4.79 Å². The van der Waals surface area contributed by atoms with E-state index in [0.29, 0.717) is 18.5 Å². The van der Waals surface area contributed by atoms with Crippen molar-refractivity contribution in [2.45, 2.75) is 25.8 Å². The van der Waals surface area contributed by atoms with E-state index in [-0.39, 0.29) is 5.91 Å². The molecule has 2 aromatic rings. The van der Waals surface area contributed by atoms with Crippen LogP contribution in [0.5, 0.6) is 0 Å². The quantitative estimate of drug-likeness (QED) is 0.843. The molecule has 0 bridgehead atoms. The molecule has 0 saturated heterocycles. The van der Waals surface area contributed by atoms with Gasteiger partial charge in [-0.05, 0) is 42.2 Å². The Morgan fingerprint density at radius 1 is 1.05 bits per heavy atom. The van der Waals surface area contributed by atoms with Crippen LogP contribution in [0.1, 0.15) is 29.5 Å². The lowest BCUT2D eigenvalue weighted by molar-refractivity contribution is -0.118. The number of hydrogen-bond donors (Lipinski definition) is 0. The molecule has 0 N–H and O–H groups in total. The highest BCUT2D eigenvalue weighted by Crippen LogP contribution is 2.28. The summed E-state index contributed by atoms with van der Waals surface area (Å²) < 4.78 is 0. The monoisotopic (exact) mass is 276 g/mol. The summed E-state index contributed by atoms with van der Waals surface area (Å²) in [7, 11) is 0. The lowest BCUT2D eigenvalue weighted by Gasteiger charge is -2.23. The van der Waals surface area contributed by atoms with Crippen molar-refractivity contribution in [3.63, 3.8) is 0 Å². The van der Waals surface area contributed by atoms with Crippen molar-refractivity contribution in [3.05, 3.63) is 65.2 Å². The van der Waals surface area contributed by atoms with Crippen LogP contribution in [0.4, 0.5) is 5.69 Å². The number of anilines is 1. The van der Waals surface area contributed by atoms with Crippen LogP contribution >= 0.6 is 0 Å². The molecule has 3 rings (SSSR count). The maximum atomic E-state index is 12.4. The molecule has 0 saturated carbocycles. The first-order chi connectivity index (χ1) is 10.3. The summed E-state index contributed by atoms with van der Waals surface area (Å²) in [6.07, 6.45) is 2.44. The molecule has 0 unspecified atom stereocenters. The fourth-order valence-corrected chi connectivity index (χ4v) is 2.73. The third-order valence-electron chi connectivity index (χ3n) is 3.84. The van der Waals surface area contributed by atoms with Crippen LogP contribution < -0.4 is 4.90 Å². The summed E-state index contributed by atoms with van der Waals surface area (Å²) in [5.74, 6) is 0.171. The Labute approximate surface area is 124 Å². The van der Waals surface area contributed by atoms with Gasteiger partial charge in [0.2, 0.25) is 5.91 Å². The summed E-state index contributed by atoms with van der Waals surface area (Å²) in [5.41, 5.74) is 3.93. The molecule has 0 aromatic heterocycles. The standard InChI is InChI=1S/C18H16N2O/c19-12-14-8-10-15(11-9-14)13-20-17-6-2-1-4-16(17)5-3-7-18(20)21/h1-2,4,6,8-11H,3,5,7,13H2. The molecule has 2 aromatic carbocycles. The normalized spacial score (nSPS) is 14.2. The fraction of sp³-hybridized carbons (Fsp3) is 0.222. The fourth-order valence-electron chi connectivity index (χ4n) is 2.73. The Morgan fingerprint density at radius 3 is 2.57 bits per heavy atom. The number of benzene rings is 2. The number of fused-ring (bicyclic) bond motifs is 1. The average molecular weight is 276 g/mol. The molecule has 104 valence electrons. The SMILES string of the molecule is N#Cc1ccc(CN2C(=O)CCCc3ccccc32)cc1. The lowest BCUT2D eigenvalue weighted by atomic mass is 10.1. The highest BCUT2D eigenvalue weighted by atomic mass is 16.2. The predicted molar refractivity (Wildman–Crippen MR) is 81.7 cm³/mol. The molecule has 0 atom stereocenters. The Bertz CT molecular complexity index is 698. The molecular formula is C18H16N2O. The molecule has 21 heavy (non-hydrogen) atoms. The van der Waals surface area contributed by atoms with E-state index in [9.17, 15) is 4.79 Å². The van der Waals surface area contributed by atoms with Crippen molar-refractivity contribution in [2.24, 2.45) is 0 Å². The van der Waals surface area contributed by atoms with Crippen LogP contribution in [-0.2, 0) is 17.8 Å². The van der Waals surface area contributed by atoms with Gasteiger partial charge >= 0.3 is 0 Å². The van der Waals surface area contributed by atoms with Gasteiger partial charge in [-0.1, -0.05) is 30.3 Å². The van der Waals surface area contributed by atoms with Gasteiger partial charge in [0, 0.05) is 12.1 Å². The van der Waals surface area contributed by atoms with Gasteiger partial charge in [-0.2, -0.15) is 5.26 Å². The zero-order valence-electron chi connectivity index (χ0n) is 11.7. The first kappa shape index (κ1) is 13.4. The lowest BCUT2D eigenvalue weighted by Crippen LogP contribution is -2.29. The van der Waals surface area contributed by atoms with E-state index in [4.69, 9.17) is 5.26 Å². The van der Waals surface area contributed by atoms with Crippen molar-refractivity contribution in [1.29, 1.82) is 5.26 Å². The number of hydrogen-bond acceptors (Lipinski definition) is 2. The molecule has 3 nitrogen and oxygen atoms in total. The zero-order valence-corrected chi connectivity index (χ0v) is 11.7. The molecule has 1 heterocycles. The predicted octanol–water partition coefficient (Wildman–Crippen LogP) is 3.43. The first-order valence-corrected chi connectivity index (χ1v) is 7.15. The third-order valence-corrected chi connectivity index (χ3v) is 3.84. The molecule has 3 heteroatoms. The second-order valence-corrected chi connectivity index (χ2v) is 5.27. The summed E-state index contributed by atoms with van der Waals surface area (Å²) in [5, 5.41) is 8.84. The number of carbonyl (C=O) groups is 1. The molecule has 0 spiro atoms. The second-order valence-electron chi connectivity index (χ2n) is 5.27. The smallest absolute Gasteiger partial charge is 0.227 e. The van der Waals surface area contributed by atoms with Crippen LogP contribution in [0.25, 0.3) is 0 Å². The van der Waals surface area contributed by atoms with E-state index in [2.05, 4.69) is 12.1 Å². The Morgan fingerprint density at radius 2 is 1.81 bits per heavy atom. The maximum absolute atomic E-state index is 12.4. The minimum atomic E-state index is 0.171. The number of nitrogens with zero attached hydrogens (tertiary/aromatic N) is 2. The van der Waals surface area contributed by atoms with Crippen LogP contribution in [0.15, 0.2) is 48.5 Å². The van der Waals surface area contributed by atoms with E-state index >= 15 is 0 Å². The summed E-state index contributed by atoms with van der Waals surface area (Å²) in [4.78, 5) is 14.2. The number of aryl methyl sites for hydroxylation is 1. The highest BCUT2D eigenvalue weighted by molar-refractivity contribution is 5.94. The topological polar surface area (TPSA) is 44.1 Å². The molecule has 1 amide bonds. The number of nitriles is 1. The van der Waals surface area contributed by atoms with E-state index in [1.165, 1.54) is 5.56 Å². The van der Waals surface area contributed by atoms with Gasteiger partial charge in [-0.3, -0.25) is 4.79 Å². The van der Waals surface area contributed by atoms with Crippen LogP contribution in [0.3, 0.4) is 0 Å². The van der Waals surface area contributed by atoms with Crippen LogP contribution in [0.2, 0.25) is 0 Å². The molecule has 0 radical (unpaired) electrons. The number of rotatable bonds is 2. The van der Waals surface area contributed by atoms with E-state index < -0.39 is 0 Å². The number of carbonyl (C=O) groups excluding carboxylic acids is 1. The van der Waals surface area contributed by atoms with E-state index in [1.807, 2.05) is 35.2 Å². The summed E-state index contributed by atoms with van der Waals surface area (Å²) in [6.45, 7) is 0.557. The van der Waals surface area contributed by atoms with Crippen LogP contribution in [-0.4, -0.2) is 5.91 Å². The van der Waals surface area contributed by atoms with E-state index in [0.717, 1.165) is 24.1 Å². The molecule has 0 aliphatic carbocycles. The Balaban J connectivity index is 1.92. The van der Waals surface area contributed by atoms with Gasteiger partial charge in [-0.25, -0.2) is 0 Å². The van der Waals surface area contributed by atoms with Crippen molar-refractivity contribution >= 4 is 11.6 Å². The van der Waals surface area contributed by atoms with Crippen molar-refractivity contribution in [1.82, 2.24) is 0 Å². The second kappa shape index (κ2) is 5.80. The number of amides is 1. The summed E-state index contributed by atoms with van der Waals surface area (Å²) in [6, 6.07) is 17.6. The van der Waals surface area contributed by atoms with Crippen LogP contribution in [0, 0.1) is 11.3 Å². The largest absolute Gasteiger partial charge is 0.308 e. The third kappa shape index (κ3) is 2.80. The van der Waals surface area contributed by atoms with Gasteiger partial charge in [0.1, 0.15) is 0 Å².